The molecule has 20 heavy (non-hydrogen) atoms. The molecule has 1 N–H and O–H groups in total. The molecule has 0 aliphatic rings. The highest BCUT2D eigenvalue weighted by molar-refractivity contribution is 5.80. The van der Waals surface area contributed by atoms with Crippen LogP contribution < -0.4 is 15.1 Å². The quantitative estimate of drug-likeness (QED) is 0.779. The minimum atomic E-state index is -0.00989. The van der Waals surface area contributed by atoms with Gasteiger partial charge in [0, 0.05) is 41.8 Å². The van der Waals surface area contributed by atoms with Gasteiger partial charge in [-0.2, -0.15) is 15.0 Å². The van der Waals surface area contributed by atoms with Crippen molar-refractivity contribution in [2.45, 2.75) is 6.92 Å². The second-order valence-corrected chi connectivity index (χ2v) is 4.83. The van der Waals surface area contributed by atoms with Gasteiger partial charge >= 0.3 is 0 Å². The van der Waals surface area contributed by atoms with Crippen molar-refractivity contribution in [2.75, 3.05) is 63.4 Å². The summed E-state index contributed by atoms with van der Waals surface area (Å²) in [5.74, 6) is 1.51. The fourth-order valence-corrected chi connectivity index (χ4v) is 1.38. The summed E-state index contributed by atoms with van der Waals surface area (Å²) >= 11 is 0. The second kappa shape index (κ2) is 6.88. The Hall–Kier alpha value is -2.12. The van der Waals surface area contributed by atoms with Crippen molar-refractivity contribution in [1.29, 1.82) is 0 Å². The summed E-state index contributed by atoms with van der Waals surface area (Å²) in [7, 11) is 8.95. The van der Waals surface area contributed by atoms with E-state index in [0.717, 1.165) is 6.54 Å². The Labute approximate surface area is 119 Å². The molecule has 1 rings (SSSR count). The minimum Gasteiger partial charge on any atom is -0.354 e. The average molecular weight is 281 g/mol. The van der Waals surface area contributed by atoms with E-state index in [1.165, 1.54) is 4.90 Å². The van der Waals surface area contributed by atoms with Crippen LogP contribution in [0, 0.1) is 0 Å². The van der Waals surface area contributed by atoms with Crippen LogP contribution in [0.1, 0.15) is 6.92 Å². The zero-order chi connectivity index (χ0) is 15.3. The van der Waals surface area contributed by atoms with Crippen molar-refractivity contribution in [3.63, 3.8) is 0 Å². The number of carbonyl (C=O) groups is 1. The van der Waals surface area contributed by atoms with Gasteiger partial charge in [0.2, 0.25) is 23.8 Å². The first-order chi connectivity index (χ1) is 9.35. The number of anilines is 3. The van der Waals surface area contributed by atoms with Gasteiger partial charge in [-0.15, -0.1) is 0 Å². The molecule has 0 fully saturated rings. The molecule has 0 saturated carbocycles. The standard InChI is InChI=1S/C12H23N7O/c1-7-13-10-14-11(18(4)5)16-12(15-10)19(6)8-9(20)17(2)3/h7-8H2,1-6H3,(H,13,14,15,16). The Balaban J connectivity index is 3.00. The number of nitrogens with one attached hydrogen (secondary N) is 1. The monoisotopic (exact) mass is 281 g/mol. The van der Waals surface area contributed by atoms with E-state index >= 15 is 0 Å². The highest BCUT2D eigenvalue weighted by atomic mass is 16.2. The minimum absolute atomic E-state index is 0.00989. The molecule has 1 aromatic heterocycles. The normalized spacial score (nSPS) is 10.1. The molecule has 0 radical (unpaired) electrons. The summed E-state index contributed by atoms with van der Waals surface area (Å²) in [5, 5.41) is 3.06. The lowest BCUT2D eigenvalue weighted by Crippen LogP contribution is -2.35. The van der Waals surface area contributed by atoms with Crippen molar-refractivity contribution in [3.05, 3.63) is 0 Å². The van der Waals surface area contributed by atoms with Gasteiger partial charge in [0.05, 0.1) is 6.54 Å². The number of aromatic nitrogens is 3. The summed E-state index contributed by atoms with van der Waals surface area (Å²) in [6.45, 7) is 2.91. The lowest BCUT2D eigenvalue weighted by molar-refractivity contribution is -0.127. The van der Waals surface area contributed by atoms with E-state index in [2.05, 4.69) is 20.3 Å². The lowest BCUT2D eigenvalue weighted by atomic mass is 10.5. The van der Waals surface area contributed by atoms with Gasteiger partial charge in [-0.1, -0.05) is 0 Å². The average Bonchev–Trinajstić information content (AvgIpc) is 2.38. The highest BCUT2D eigenvalue weighted by Gasteiger charge is 2.14. The highest BCUT2D eigenvalue weighted by Crippen LogP contribution is 2.14. The molecule has 8 heteroatoms. The Morgan fingerprint density at radius 2 is 1.65 bits per heavy atom. The molecule has 1 aromatic rings. The number of hydrogen-bond donors (Lipinski definition) is 1. The van der Waals surface area contributed by atoms with Crippen LogP contribution in [0.25, 0.3) is 0 Å². The van der Waals surface area contributed by atoms with Crippen molar-refractivity contribution in [3.8, 4) is 0 Å². The summed E-state index contributed by atoms with van der Waals surface area (Å²) < 4.78 is 0. The second-order valence-electron chi connectivity index (χ2n) is 4.83. The van der Waals surface area contributed by atoms with E-state index in [1.54, 1.807) is 30.9 Å². The van der Waals surface area contributed by atoms with E-state index in [1.807, 2.05) is 21.0 Å². The zero-order valence-electron chi connectivity index (χ0n) is 13.0. The van der Waals surface area contributed by atoms with E-state index in [0.29, 0.717) is 17.8 Å². The summed E-state index contributed by atoms with van der Waals surface area (Å²) in [5.41, 5.74) is 0. The van der Waals surface area contributed by atoms with Gasteiger partial charge in [0.15, 0.2) is 0 Å². The van der Waals surface area contributed by atoms with Gasteiger partial charge < -0.3 is 20.0 Å². The fourth-order valence-electron chi connectivity index (χ4n) is 1.38. The molecular formula is C12H23N7O. The molecule has 0 aromatic carbocycles. The maximum Gasteiger partial charge on any atom is 0.241 e. The van der Waals surface area contributed by atoms with Gasteiger partial charge in [-0.05, 0) is 6.92 Å². The summed E-state index contributed by atoms with van der Waals surface area (Å²) in [6, 6.07) is 0. The largest absolute Gasteiger partial charge is 0.354 e. The molecule has 0 spiro atoms. The SMILES string of the molecule is CCNc1nc(N(C)C)nc(N(C)CC(=O)N(C)C)n1. The van der Waals surface area contributed by atoms with Crippen LogP contribution in [-0.2, 0) is 4.79 Å². The van der Waals surface area contributed by atoms with E-state index in [-0.39, 0.29) is 12.5 Å². The first-order valence-electron chi connectivity index (χ1n) is 6.43. The van der Waals surface area contributed by atoms with Crippen LogP contribution in [0.2, 0.25) is 0 Å². The van der Waals surface area contributed by atoms with Gasteiger partial charge in [-0.25, -0.2) is 0 Å². The Bertz CT molecular complexity index is 461. The third-order valence-electron chi connectivity index (χ3n) is 2.56. The lowest BCUT2D eigenvalue weighted by Gasteiger charge is -2.21. The third kappa shape index (κ3) is 4.22. The Kier molecular flexibility index (Phi) is 5.48. The number of carbonyl (C=O) groups excluding carboxylic acids is 1. The topological polar surface area (TPSA) is 77.5 Å². The van der Waals surface area contributed by atoms with Crippen LogP contribution in [0.15, 0.2) is 0 Å². The number of nitrogens with zero attached hydrogens (tertiary/aromatic N) is 6. The molecule has 112 valence electrons. The molecule has 0 atom stereocenters. The summed E-state index contributed by atoms with van der Waals surface area (Å²) in [4.78, 5) is 29.7. The van der Waals surface area contributed by atoms with Crippen LogP contribution >= 0.6 is 0 Å². The van der Waals surface area contributed by atoms with Crippen molar-refractivity contribution in [1.82, 2.24) is 19.9 Å². The Morgan fingerprint density at radius 1 is 1.05 bits per heavy atom. The van der Waals surface area contributed by atoms with Gasteiger partial charge in [0.1, 0.15) is 0 Å². The Morgan fingerprint density at radius 3 is 2.15 bits per heavy atom. The van der Waals surface area contributed by atoms with Crippen molar-refractivity contribution >= 4 is 23.8 Å². The number of amides is 1. The molecule has 0 unspecified atom stereocenters. The zero-order valence-corrected chi connectivity index (χ0v) is 13.0. The molecule has 1 heterocycles. The summed E-state index contributed by atoms with van der Waals surface area (Å²) in [6.07, 6.45) is 0. The third-order valence-corrected chi connectivity index (χ3v) is 2.56. The molecule has 0 bridgehead atoms. The van der Waals surface area contributed by atoms with Crippen LogP contribution in [0.3, 0.4) is 0 Å². The van der Waals surface area contributed by atoms with Crippen LogP contribution in [0.4, 0.5) is 17.8 Å². The van der Waals surface area contributed by atoms with Crippen molar-refractivity contribution in [2.24, 2.45) is 0 Å². The molecule has 0 aliphatic carbocycles. The maximum absolute atomic E-state index is 11.7. The van der Waals surface area contributed by atoms with E-state index in [4.69, 9.17) is 0 Å². The van der Waals surface area contributed by atoms with E-state index in [9.17, 15) is 4.79 Å². The predicted octanol–water partition coefficient (Wildman–Crippen LogP) is -0.106. The van der Waals surface area contributed by atoms with Gasteiger partial charge in [0.25, 0.3) is 0 Å². The predicted molar refractivity (Wildman–Crippen MR) is 80.3 cm³/mol. The maximum atomic E-state index is 11.7. The van der Waals surface area contributed by atoms with Crippen LogP contribution in [-0.4, -0.2) is 74.1 Å². The molecule has 0 aliphatic heterocycles. The van der Waals surface area contributed by atoms with Crippen LogP contribution in [0.5, 0.6) is 0 Å². The number of rotatable bonds is 6. The molecule has 1 amide bonds. The first-order valence-corrected chi connectivity index (χ1v) is 6.43. The first kappa shape index (κ1) is 15.9. The molecule has 0 saturated heterocycles. The van der Waals surface area contributed by atoms with Gasteiger partial charge in [-0.3, -0.25) is 4.79 Å². The van der Waals surface area contributed by atoms with E-state index < -0.39 is 0 Å². The number of likely N-dealkylation sites (N-methyl/N-ethyl adjacent to an activating group) is 2. The van der Waals surface area contributed by atoms with Crippen molar-refractivity contribution < 1.29 is 4.79 Å². The smallest absolute Gasteiger partial charge is 0.241 e. The fraction of sp³-hybridized carbons (Fsp3) is 0.667. The number of hydrogen-bond acceptors (Lipinski definition) is 7. The molecular weight excluding hydrogens is 258 g/mol. The molecule has 8 nitrogen and oxygen atoms in total.